The van der Waals surface area contributed by atoms with Crippen molar-refractivity contribution in [1.82, 2.24) is 4.31 Å². The quantitative estimate of drug-likeness (QED) is 0.394. The smallest absolute Gasteiger partial charge is 0.243 e. The average Bonchev–Trinajstić information content (AvgIpc) is 2.78. The molecule has 0 aliphatic heterocycles. The summed E-state index contributed by atoms with van der Waals surface area (Å²) in [4.78, 5) is 12.9. The van der Waals surface area contributed by atoms with Gasteiger partial charge in [-0.25, -0.2) is 8.42 Å². The van der Waals surface area contributed by atoms with Gasteiger partial charge in [-0.1, -0.05) is 66.9 Å². The minimum atomic E-state index is -3.92. The predicted octanol–water partition coefficient (Wildman–Crippen LogP) is 5.82. The van der Waals surface area contributed by atoms with Crippen molar-refractivity contribution in [2.45, 2.75) is 44.6 Å². The Bertz CT molecular complexity index is 1180. The third-order valence-corrected chi connectivity index (χ3v) is 7.33. The summed E-state index contributed by atoms with van der Waals surface area (Å²) in [6.07, 6.45) is 3.23. The van der Waals surface area contributed by atoms with Crippen LogP contribution in [-0.2, 0) is 27.8 Å². The number of hydrogen-bond acceptors (Lipinski definition) is 3. The van der Waals surface area contributed by atoms with E-state index in [-0.39, 0.29) is 18.0 Å². The summed E-state index contributed by atoms with van der Waals surface area (Å²) < 4.78 is 27.9. The van der Waals surface area contributed by atoms with Crippen molar-refractivity contribution in [1.29, 1.82) is 0 Å². The molecule has 1 N–H and O–H groups in total. The van der Waals surface area contributed by atoms with E-state index in [9.17, 15) is 13.2 Å². The summed E-state index contributed by atoms with van der Waals surface area (Å²) in [7, 11) is -3.92. The highest BCUT2D eigenvalue weighted by Crippen LogP contribution is 2.21. The number of nitrogens with zero attached hydrogens (tertiary/aromatic N) is 1. The minimum absolute atomic E-state index is 0.0794. The first-order chi connectivity index (χ1) is 15.8. The zero-order valence-corrected chi connectivity index (χ0v) is 20.5. The van der Waals surface area contributed by atoms with Crippen LogP contribution in [0.3, 0.4) is 0 Å². The molecule has 7 heteroatoms. The molecule has 0 spiro atoms. The molecule has 0 aliphatic rings. The van der Waals surface area contributed by atoms with Crippen LogP contribution in [0.15, 0.2) is 77.7 Å². The zero-order chi connectivity index (χ0) is 23.8. The van der Waals surface area contributed by atoms with Crippen molar-refractivity contribution >= 4 is 33.2 Å². The number of benzene rings is 3. The molecule has 0 aromatic heterocycles. The molecule has 5 nitrogen and oxygen atoms in total. The van der Waals surface area contributed by atoms with Gasteiger partial charge < -0.3 is 5.32 Å². The Morgan fingerprint density at radius 1 is 0.970 bits per heavy atom. The minimum Gasteiger partial charge on any atom is -0.325 e. The number of anilines is 1. The lowest BCUT2D eigenvalue weighted by Gasteiger charge is -2.22. The molecule has 1 amide bonds. The summed E-state index contributed by atoms with van der Waals surface area (Å²) in [6, 6.07) is 21.2. The molecule has 0 saturated heterocycles. The molecule has 0 aliphatic carbocycles. The first-order valence-corrected chi connectivity index (χ1v) is 12.8. The van der Waals surface area contributed by atoms with Crippen molar-refractivity contribution in [3.8, 4) is 0 Å². The van der Waals surface area contributed by atoms with Crippen LogP contribution in [0.25, 0.3) is 0 Å². The second-order valence-electron chi connectivity index (χ2n) is 8.06. The second-order valence-corrected chi connectivity index (χ2v) is 10.4. The van der Waals surface area contributed by atoms with Crippen LogP contribution in [-0.4, -0.2) is 25.2 Å². The second kappa shape index (κ2) is 11.5. The van der Waals surface area contributed by atoms with E-state index in [1.807, 2.05) is 55.5 Å². The van der Waals surface area contributed by atoms with Crippen molar-refractivity contribution in [2.75, 3.05) is 11.9 Å². The molecular weight excluding hydrogens is 456 g/mol. The summed E-state index contributed by atoms with van der Waals surface area (Å²) >= 11 is 5.93. The van der Waals surface area contributed by atoms with Gasteiger partial charge in [-0.05, 0) is 67.3 Å². The fourth-order valence-corrected chi connectivity index (χ4v) is 5.00. The maximum atomic E-state index is 13.4. The summed E-state index contributed by atoms with van der Waals surface area (Å²) in [5.41, 5.74) is 3.67. The average molecular weight is 485 g/mol. The van der Waals surface area contributed by atoms with Gasteiger partial charge in [-0.3, -0.25) is 4.79 Å². The van der Waals surface area contributed by atoms with Crippen LogP contribution >= 0.6 is 11.6 Å². The Morgan fingerprint density at radius 3 is 2.30 bits per heavy atom. The molecule has 0 bridgehead atoms. The molecule has 0 fully saturated rings. The molecule has 3 aromatic carbocycles. The Labute approximate surface area is 201 Å². The third-order valence-electron chi connectivity index (χ3n) is 5.27. The molecule has 174 valence electrons. The van der Waals surface area contributed by atoms with Gasteiger partial charge in [0.2, 0.25) is 15.9 Å². The van der Waals surface area contributed by atoms with Crippen molar-refractivity contribution in [3.05, 3.63) is 94.5 Å². The fourth-order valence-electron chi connectivity index (χ4n) is 3.49. The van der Waals surface area contributed by atoms with E-state index in [1.165, 1.54) is 34.1 Å². The van der Waals surface area contributed by atoms with Crippen LogP contribution in [0.5, 0.6) is 0 Å². The van der Waals surface area contributed by atoms with Gasteiger partial charge >= 0.3 is 0 Å². The molecule has 0 unspecified atom stereocenters. The number of sulfonamides is 1. The Balaban J connectivity index is 1.79. The maximum Gasteiger partial charge on any atom is 0.243 e. The first kappa shape index (κ1) is 25.0. The number of hydrogen-bond donors (Lipinski definition) is 1. The number of rotatable bonds is 10. The maximum absolute atomic E-state index is 13.4. The molecule has 0 radical (unpaired) electrons. The summed E-state index contributed by atoms with van der Waals surface area (Å²) in [5, 5.41) is 3.26. The Hall–Kier alpha value is -2.67. The predicted molar refractivity (Wildman–Crippen MR) is 134 cm³/mol. The van der Waals surface area contributed by atoms with E-state index in [2.05, 4.69) is 12.2 Å². The van der Waals surface area contributed by atoms with Crippen LogP contribution in [0, 0.1) is 6.92 Å². The van der Waals surface area contributed by atoms with Gasteiger partial charge in [0.1, 0.15) is 0 Å². The Kier molecular flexibility index (Phi) is 8.67. The molecule has 0 atom stereocenters. The van der Waals surface area contributed by atoms with Crippen molar-refractivity contribution < 1.29 is 13.2 Å². The van der Waals surface area contributed by atoms with Crippen molar-refractivity contribution in [2.24, 2.45) is 0 Å². The van der Waals surface area contributed by atoms with E-state index in [0.29, 0.717) is 10.7 Å². The summed E-state index contributed by atoms with van der Waals surface area (Å²) in [5.74, 6) is -0.401. The number of amides is 1. The molecular formula is C26H29ClN2O3S. The van der Waals surface area contributed by atoms with Crippen molar-refractivity contribution in [3.63, 3.8) is 0 Å². The number of carbonyl (C=O) groups is 1. The molecule has 33 heavy (non-hydrogen) atoms. The highest BCUT2D eigenvalue weighted by molar-refractivity contribution is 7.89. The monoisotopic (exact) mass is 484 g/mol. The van der Waals surface area contributed by atoms with Gasteiger partial charge in [0.25, 0.3) is 0 Å². The number of halogens is 1. The van der Waals surface area contributed by atoms with Crippen LogP contribution in [0.1, 0.15) is 36.5 Å². The van der Waals surface area contributed by atoms with Crippen LogP contribution < -0.4 is 5.32 Å². The highest BCUT2D eigenvalue weighted by atomic mass is 35.5. The number of nitrogens with one attached hydrogen (secondary N) is 1. The lowest BCUT2D eigenvalue weighted by atomic mass is 10.1. The largest absolute Gasteiger partial charge is 0.325 e. The lowest BCUT2D eigenvalue weighted by Crippen LogP contribution is -2.37. The SMILES string of the molecule is CCCCc1ccc(NC(=O)CN(Cc2cccc(C)c2)S(=O)(=O)c2ccc(Cl)cc2)cc1. The van der Waals surface area contributed by atoms with E-state index >= 15 is 0 Å². The zero-order valence-electron chi connectivity index (χ0n) is 18.9. The first-order valence-electron chi connectivity index (χ1n) is 11.0. The number of unbranched alkanes of at least 4 members (excludes halogenated alkanes) is 1. The van der Waals surface area contributed by atoms with Gasteiger partial charge in [0.05, 0.1) is 11.4 Å². The van der Waals surface area contributed by atoms with Gasteiger partial charge in [-0.15, -0.1) is 0 Å². The standard InChI is InChI=1S/C26H29ClN2O3S/c1-3-4-7-21-9-13-24(14-10-21)28-26(30)19-29(18-22-8-5-6-20(2)17-22)33(31,32)25-15-11-23(27)12-16-25/h5-6,8-17H,3-4,7,18-19H2,1-2H3,(H,28,30). The molecule has 3 aromatic rings. The van der Waals surface area contributed by atoms with Gasteiger partial charge in [0, 0.05) is 17.3 Å². The fraction of sp³-hybridized carbons (Fsp3) is 0.269. The lowest BCUT2D eigenvalue weighted by molar-refractivity contribution is -0.116. The van der Waals surface area contributed by atoms with E-state index in [0.717, 1.165) is 30.4 Å². The molecule has 0 saturated carbocycles. The summed E-state index contributed by atoms with van der Waals surface area (Å²) in [6.45, 7) is 3.86. The van der Waals surface area contributed by atoms with Gasteiger partial charge in [0.15, 0.2) is 0 Å². The highest BCUT2D eigenvalue weighted by Gasteiger charge is 2.27. The Morgan fingerprint density at radius 2 is 1.67 bits per heavy atom. The third kappa shape index (κ3) is 7.16. The van der Waals surface area contributed by atoms with Gasteiger partial charge in [-0.2, -0.15) is 4.31 Å². The molecule has 3 rings (SSSR count). The molecule has 0 heterocycles. The number of aryl methyl sites for hydroxylation is 2. The normalized spacial score (nSPS) is 11.5. The topological polar surface area (TPSA) is 66.5 Å². The number of carbonyl (C=O) groups excluding carboxylic acids is 1. The van der Waals surface area contributed by atoms with Crippen LogP contribution in [0.4, 0.5) is 5.69 Å². The van der Waals surface area contributed by atoms with Crippen LogP contribution in [0.2, 0.25) is 5.02 Å². The van der Waals surface area contributed by atoms with E-state index in [1.54, 1.807) is 0 Å². The van der Waals surface area contributed by atoms with E-state index < -0.39 is 15.9 Å². The van der Waals surface area contributed by atoms with E-state index in [4.69, 9.17) is 11.6 Å².